The number of hydrogen-bond acceptors (Lipinski definition) is 42. The van der Waals surface area contributed by atoms with Gasteiger partial charge in [0.1, 0.15) is 110 Å². The summed E-state index contributed by atoms with van der Waals surface area (Å²) < 4.78 is 72.2. The average molecular weight is 1550 g/mol. The van der Waals surface area contributed by atoms with E-state index < -0.39 is 289 Å². The van der Waals surface area contributed by atoms with E-state index in [4.69, 9.17) is 56.8 Å². The molecular weight excluding hydrogens is 1480 g/mol. The molecule has 0 radical (unpaired) electrons. The van der Waals surface area contributed by atoms with Gasteiger partial charge in [0, 0.05) is 69.0 Å². The standard InChI is InChI=1S/C48H72O36S6.6Na/c49-19(50)7-85-1-13-37-25(61)31(67)43(73-13)80-38-14(2-86-8-20(51)52)75-45(33(69)27(38)63)82-40-16(4-88-10-22(55)56)77-47(35(71)29(40)65)84-42-18(6-90-12-24(59)60)78-48(36(72)30(42)66)83-41-17(5-89-11-23(57)58)76-46(34(70)28(41)64)81-39-15(3-87-9-21(53)54)74-44(79-37)32(68)26(39)62;;;;;;/h13-18,25-48,61-72H,1-12H2,(H,49,50)(H,51,52)(H,53,54)(H,55,56)(H,57,58)(H,59,60);;;;;;/q;6*+1/p-6/t13-,14-,15-,16-,17-,18-,25-,26-,27-,28-,29-,30-,31-,32-,33-,34-,35-,36-,37-,38-,39-,40-,41-,42-,43-,44-,45-,46-,47-,48-;;;;;;/m1....../s1. The molecule has 12 N–H and O–H groups in total. The third kappa shape index (κ3) is 27.2. The second-order valence-corrected chi connectivity index (χ2v) is 27.3. The number of aliphatic hydroxyl groups excluding tert-OH is 12. The summed E-state index contributed by atoms with van der Waals surface area (Å²) in [7, 11) is 0. The van der Waals surface area contributed by atoms with Crippen molar-refractivity contribution in [1.29, 1.82) is 0 Å². The Bertz CT molecular complexity index is 1990. The zero-order chi connectivity index (χ0) is 66.0. The summed E-state index contributed by atoms with van der Waals surface area (Å²) in [6, 6.07) is 0. The second kappa shape index (κ2) is 47.1. The van der Waals surface area contributed by atoms with Gasteiger partial charge in [-0.2, -0.15) is 70.6 Å². The summed E-state index contributed by atoms with van der Waals surface area (Å²) in [5.74, 6) is -17.1. The molecule has 0 saturated carbocycles. The Labute approximate surface area is 705 Å². The molecule has 0 unspecified atom stereocenters. The van der Waals surface area contributed by atoms with Gasteiger partial charge in [0.05, 0.1) is 72.4 Å². The first-order chi connectivity index (χ1) is 42.6. The van der Waals surface area contributed by atoms with Crippen molar-refractivity contribution in [3.8, 4) is 0 Å². The topological polar surface area (TPSA) is 594 Å². The monoisotopic (exact) mass is 1550 g/mol. The molecule has 22 heterocycles. The molecule has 96 heavy (non-hydrogen) atoms. The van der Waals surface area contributed by atoms with Crippen molar-refractivity contribution in [2.45, 2.75) is 184 Å². The average Bonchev–Trinajstić information content (AvgIpc) is 0.779. The molecule has 22 aliphatic heterocycles. The summed E-state index contributed by atoms with van der Waals surface area (Å²) in [6.07, 6.45) is -61.9. The summed E-state index contributed by atoms with van der Waals surface area (Å²) in [4.78, 5) is 69.5. The maximum atomic E-state index is 11.8. The van der Waals surface area contributed by atoms with Gasteiger partial charge in [-0.1, -0.05) is 0 Å². The number of rotatable bonds is 24. The van der Waals surface area contributed by atoms with Crippen molar-refractivity contribution < 1.29 is 355 Å². The van der Waals surface area contributed by atoms with Gasteiger partial charge in [-0.25, -0.2) is 0 Å². The molecule has 0 aliphatic carbocycles. The van der Waals surface area contributed by atoms with Crippen LogP contribution in [-0.2, 0) is 85.6 Å². The van der Waals surface area contributed by atoms with Crippen molar-refractivity contribution in [2.75, 3.05) is 69.0 Å². The molecule has 22 fully saturated rings. The van der Waals surface area contributed by atoms with Gasteiger partial charge in [0.2, 0.25) is 0 Å². The summed E-state index contributed by atoms with van der Waals surface area (Å²) in [6.45, 7) is 0. The number of carboxylic acids is 6. The molecule has 0 amide bonds. The Morgan fingerprint density at radius 2 is 0.333 bits per heavy atom. The number of ether oxygens (including phenoxy) is 12. The first-order valence-electron chi connectivity index (χ1n) is 27.2. The fourth-order valence-corrected chi connectivity index (χ4v) is 15.1. The van der Waals surface area contributed by atoms with Crippen LogP contribution in [-0.4, -0.2) is 350 Å². The Kier molecular flexibility index (Phi) is 48.1. The van der Waals surface area contributed by atoms with Gasteiger partial charge >= 0.3 is 177 Å². The van der Waals surface area contributed by atoms with Gasteiger partial charge in [-0.3, -0.25) is 0 Å². The Hall–Kier alpha value is 3.96. The molecule has 48 heteroatoms. The normalized spacial score (nSPS) is 40.8. The van der Waals surface area contributed by atoms with Crippen LogP contribution in [0.3, 0.4) is 0 Å². The van der Waals surface area contributed by atoms with Crippen LogP contribution in [0.4, 0.5) is 0 Å². The maximum absolute atomic E-state index is 11.8. The molecule has 30 atom stereocenters. The van der Waals surface area contributed by atoms with E-state index in [-0.39, 0.29) is 177 Å². The van der Waals surface area contributed by atoms with Crippen LogP contribution in [0.2, 0.25) is 0 Å². The van der Waals surface area contributed by atoms with Crippen LogP contribution in [0.15, 0.2) is 0 Å². The van der Waals surface area contributed by atoms with Crippen LogP contribution in [0, 0.1) is 0 Å². The van der Waals surface area contributed by atoms with E-state index in [9.17, 15) is 121 Å². The van der Waals surface area contributed by atoms with Crippen LogP contribution >= 0.6 is 70.6 Å². The molecule has 22 saturated heterocycles. The number of thioether (sulfide) groups is 6. The largest absolute Gasteiger partial charge is 1.00 e. The quantitative estimate of drug-likeness (QED) is 0.0399. The Morgan fingerprint density at radius 1 is 0.219 bits per heavy atom. The van der Waals surface area contributed by atoms with E-state index in [1.54, 1.807) is 0 Å². The van der Waals surface area contributed by atoms with Crippen LogP contribution in [0.25, 0.3) is 0 Å². The minimum atomic E-state index is -2.31. The van der Waals surface area contributed by atoms with Crippen LogP contribution < -0.4 is 208 Å². The van der Waals surface area contributed by atoms with Crippen molar-refractivity contribution in [1.82, 2.24) is 0 Å². The number of aliphatic hydroxyl groups is 12. The molecule has 516 valence electrons. The molecule has 0 aromatic rings. The molecule has 0 aromatic heterocycles. The molecule has 22 rings (SSSR count). The van der Waals surface area contributed by atoms with Crippen LogP contribution in [0.1, 0.15) is 0 Å². The van der Waals surface area contributed by atoms with E-state index in [2.05, 4.69) is 0 Å². The molecule has 36 nitrogen and oxygen atoms in total. The van der Waals surface area contributed by atoms with Crippen molar-refractivity contribution >= 4 is 106 Å². The van der Waals surface area contributed by atoms with E-state index in [1.165, 1.54) is 0 Å². The van der Waals surface area contributed by atoms with Crippen molar-refractivity contribution in [3.63, 3.8) is 0 Å². The predicted molar refractivity (Wildman–Crippen MR) is 287 cm³/mol. The van der Waals surface area contributed by atoms with E-state index in [1.807, 2.05) is 0 Å². The maximum Gasteiger partial charge on any atom is 1.00 e. The second-order valence-electron chi connectivity index (χ2n) is 21.1. The van der Waals surface area contributed by atoms with Gasteiger partial charge in [0.25, 0.3) is 0 Å². The number of carbonyl (C=O) groups is 6. The van der Waals surface area contributed by atoms with Gasteiger partial charge in [-0.05, 0) is 0 Å². The fourth-order valence-electron chi connectivity index (χ4n) is 10.4. The summed E-state index contributed by atoms with van der Waals surface area (Å²) in [5, 5.41) is 211. The third-order valence-corrected chi connectivity index (χ3v) is 20.6. The minimum Gasteiger partial charge on any atom is -0.549 e. The van der Waals surface area contributed by atoms with E-state index in [0.717, 1.165) is 0 Å². The summed E-state index contributed by atoms with van der Waals surface area (Å²) in [5.41, 5.74) is 0. The molecule has 12 bridgehead atoms. The SMILES string of the molecule is O=C([O-])CSC[C@H]1O[C@@H]2O[C@H]3[C@H](O)[C@@H](O)[C@@H](O[C@H]4[C@H](O)[C@@H](O)[C@@H](O[C@H]5[C@H](O)[C@@H](O)[C@@H](O[C@H]6[C@H](O)[C@@H](O)[C@@H](O[C@H]7[C@H](O)[C@@H](O)[C@@H](O[C@H]1[C@H](O)[C@H]2O)O[C@@H]7CSCC(=O)[O-])O[C@@H]6CSCC(=O)[O-])O[C@@H]5CSCC(=O)[O-])O[C@@H]4CSCC(=O)[O-])O[C@@H]3CSCC(=O)[O-].[Na+].[Na+].[Na+].[Na+].[Na+].[Na+]. The molecule has 0 spiro atoms. The number of hydrogen-bond donors (Lipinski definition) is 12. The Balaban J connectivity index is 0.00000768. The number of carboxylic acid groups (broad SMARTS) is 6. The van der Waals surface area contributed by atoms with Crippen molar-refractivity contribution in [2.24, 2.45) is 0 Å². The fraction of sp³-hybridized carbons (Fsp3) is 0.875. The van der Waals surface area contributed by atoms with Crippen LogP contribution in [0.5, 0.6) is 0 Å². The van der Waals surface area contributed by atoms with E-state index in [0.29, 0.717) is 70.6 Å². The number of aliphatic carboxylic acids is 6. The zero-order valence-electron chi connectivity index (χ0n) is 52.4. The van der Waals surface area contributed by atoms with Crippen molar-refractivity contribution in [3.05, 3.63) is 0 Å². The smallest absolute Gasteiger partial charge is 0.549 e. The first kappa shape index (κ1) is 98.0. The van der Waals surface area contributed by atoms with Gasteiger partial charge in [-0.15, -0.1) is 0 Å². The van der Waals surface area contributed by atoms with Gasteiger partial charge < -0.3 is 178 Å². The molecule has 0 aromatic carbocycles. The third-order valence-electron chi connectivity index (χ3n) is 14.6. The molecular formula is C48H66Na6O36S6. The minimum absolute atomic E-state index is 0. The first-order valence-corrected chi connectivity index (χ1v) is 34.2. The Morgan fingerprint density at radius 3 is 0.438 bits per heavy atom. The summed E-state index contributed by atoms with van der Waals surface area (Å²) >= 11 is 3.55. The predicted octanol–water partition coefficient (Wildman–Crippen LogP) is -34.1. The van der Waals surface area contributed by atoms with E-state index >= 15 is 0 Å². The number of carbonyl (C=O) groups excluding carboxylic acids is 6. The molecule has 22 aliphatic rings. The zero-order valence-corrected chi connectivity index (χ0v) is 69.3. The van der Waals surface area contributed by atoms with Gasteiger partial charge in [0.15, 0.2) is 37.7 Å².